The van der Waals surface area contributed by atoms with Crippen LogP contribution in [0, 0.1) is 27.7 Å². The van der Waals surface area contributed by atoms with Crippen molar-refractivity contribution in [3.63, 3.8) is 0 Å². The summed E-state index contributed by atoms with van der Waals surface area (Å²) < 4.78 is 17.6. The normalized spacial score (nSPS) is 18.5. The van der Waals surface area contributed by atoms with Crippen molar-refractivity contribution in [1.82, 2.24) is 0 Å². The van der Waals surface area contributed by atoms with Crippen molar-refractivity contribution in [3.8, 4) is 0 Å². The second-order valence-corrected chi connectivity index (χ2v) is 10.3. The second-order valence-electron chi connectivity index (χ2n) is 10.3. The van der Waals surface area contributed by atoms with Crippen molar-refractivity contribution in [2.24, 2.45) is 0 Å². The van der Waals surface area contributed by atoms with Gasteiger partial charge in [-0.15, -0.1) is 0 Å². The zero-order chi connectivity index (χ0) is 25.4. The molecule has 1 N–H and O–H groups in total. The lowest BCUT2D eigenvalue weighted by molar-refractivity contribution is 0.152. The number of alkyl halides is 1. The molecular weight excluding hydrogens is 451 g/mol. The maximum absolute atomic E-state index is 12.6. The first-order chi connectivity index (χ1) is 17.4. The summed E-state index contributed by atoms with van der Waals surface area (Å²) in [6.07, 6.45) is 1.44. The second kappa shape index (κ2) is 9.96. The van der Waals surface area contributed by atoms with Gasteiger partial charge in [-0.3, -0.25) is 5.32 Å². The Hall–Kier alpha value is -3.34. The highest BCUT2D eigenvalue weighted by Crippen LogP contribution is 2.50. The molecule has 0 spiro atoms. The van der Waals surface area contributed by atoms with Gasteiger partial charge >= 0.3 is 6.09 Å². The molecule has 0 aliphatic carbocycles. The highest BCUT2D eigenvalue weighted by molar-refractivity contribution is 5.86. The number of carbonyl (C=O) groups excluding carboxylic acids is 1. The standard InChI is InChI=1S/C31H35FN2O2/c1-19-5-7-24(21(3)15-19)26-9-12-34-13-10-27(25-8-6-20(2)16-22(25)4)29-18-23(17-28(26)30(29)34)33-31(35)36-14-11-32/h5-8,15-18,26-27H,9-14H2,1-4H3,(H,33,35). The van der Waals surface area contributed by atoms with Crippen LogP contribution in [0.2, 0.25) is 0 Å². The zero-order valence-corrected chi connectivity index (χ0v) is 21.7. The van der Waals surface area contributed by atoms with Crippen LogP contribution in [0.15, 0.2) is 48.5 Å². The van der Waals surface area contributed by atoms with E-state index < -0.39 is 12.8 Å². The van der Waals surface area contributed by atoms with Crippen molar-refractivity contribution >= 4 is 17.5 Å². The fourth-order valence-corrected chi connectivity index (χ4v) is 6.23. The Kier molecular flexibility index (Phi) is 6.74. The third kappa shape index (κ3) is 4.59. The highest BCUT2D eigenvalue weighted by atomic mass is 19.1. The van der Waals surface area contributed by atoms with Crippen LogP contribution in [-0.2, 0) is 4.74 Å². The Morgan fingerprint density at radius 1 is 0.861 bits per heavy atom. The molecule has 0 fully saturated rings. The van der Waals surface area contributed by atoms with E-state index in [0.717, 1.165) is 25.9 Å². The predicted octanol–water partition coefficient (Wildman–Crippen LogP) is 7.32. The third-order valence-corrected chi connectivity index (χ3v) is 7.77. The molecule has 188 valence electrons. The van der Waals surface area contributed by atoms with Gasteiger partial charge in [0.05, 0.1) is 0 Å². The number of rotatable bonds is 5. The molecule has 0 bridgehead atoms. The van der Waals surface area contributed by atoms with Gasteiger partial charge in [0, 0.05) is 36.3 Å². The minimum atomic E-state index is -0.693. The van der Waals surface area contributed by atoms with E-state index in [1.165, 1.54) is 50.2 Å². The minimum absolute atomic E-state index is 0.242. The summed E-state index contributed by atoms with van der Waals surface area (Å²) in [5.41, 5.74) is 12.3. The number of carbonyl (C=O) groups is 1. The number of nitrogens with one attached hydrogen (secondary N) is 1. The quantitative estimate of drug-likeness (QED) is 0.411. The van der Waals surface area contributed by atoms with Crippen LogP contribution in [0.1, 0.15) is 69.2 Å². The average Bonchev–Trinajstić information content (AvgIpc) is 2.84. The molecule has 3 aromatic carbocycles. The number of benzene rings is 3. The molecule has 0 aromatic heterocycles. The SMILES string of the molecule is Cc1ccc(C2CCN3CCC(c4ccc(C)cc4C)c4cc(NC(=O)OCCF)cc2c43)c(C)c1. The van der Waals surface area contributed by atoms with Gasteiger partial charge in [-0.05, 0) is 86.1 Å². The maximum Gasteiger partial charge on any atom is 0.411 e. The summed E-state index contributed by atoms with van der Waals surface area (Å²) in [5, 5.41) is 2.89. The van der Waals surface area contributed by atoms with Gasteiger partial charge in [0.15, 0.2) is 0 Å². The van der Waals surface area contributed by atoms with Crippen LogP contribution in [-0.4, -0.2) is 32.5 Å². The molecule has 2 aliphatic heterocycles. The summed E-state index contributed by atoms with van der Waals surface area (Å²) in [5.74, 6) is 0.495. The number of amides is 1. The Morgan fingerprint density at radius 2 is 1.39 bits per heavy atom. The van der Waals surface area contributed by atoms with E-state index in [2.05, 4.69) is 86.4 Å². The van der Waals surface area contributed by atoms with Gasteiger partial charge in [-0.25, -0.2) is 9.18 Å². The van der Waals surface area contributed by atoms with Crippen molar-refractivity contribution in [2.45, 2.75) is 52.4 Å². The maximum atomic E-state index is 12.6. The number of aryl methyl sites for hydroxylation is 4. The molecule has 5 heteroatoms. The first-order valence-corrected chi connectivity index (χ1v) is 12.9. The summed E-state index contributed by atoms with van der Waals surface area (Å²) in [4.78, 5) is 14.9. The van der Waals surface area contributed by atoms with Crippen molar-refractivity contribution in [2.75, 3.05) is 36.6 Å². The highest BCUT2D eigenvalue weighted by Gasteiger charge is 2.36. The molecule has 3 aromatic rings. The van der Waals surface area contributed by atoms with Gasteiger partial charge in [0.2, 0.25) is 0 Å². The van der Waals surface area contributed by atoms with E-state index in [0.29, 0.717) is 5.69 Å². The number of hydrogen-bond donors (Lipinski definition) is 1. The zero-order valence-electron chi connectivity index (χ0n) is 21.7. The summed E-state index contributed by atoms with van der Waals surface area (Å²) in [6, 6.07) is 17.6. The molecule has 2 unspecified atom stereocenters. The summed E-state index contributed by atoms with van der Waals surface area (Å²) in [6.45, 7) is 9.74. The van der Waals surface area contributed by atoms with Crippen LogP contribution >= 0.6 is 0 Å². The Morgan fingerprint density at radius 3 is 1.86 bits per heavy atom. The van der Waals surface area contributed by atoms with Crippen LogP contribution in [0.4, 0.5) is 20.6 Å². The minimum Gasteiger partial charge on any atom is -0.447 e. The lowest BCUT2D eigenvalue weighted by Gasteiger charge is -2.43. The van der Waals surface area contributed by atoms with Crippen LogP contribution < -0.4 is 10.2 Å². The van der Waals surface area contributed by atoms with Crippen molar-refractivity contribution in [1.29, 1.82) is 0 Å². The van der Waals surface area contributed by atoms with Gasteiger partial charge in [0.1, 0.15) is 13.3 Å². The predicted molar refractivity (Wildman–Crippen MR) is 144 cm³/mol. The number of nitrogens with zero attached hydrogens (tertiary/aromatic N) is 1. The molecule has 0 radical (unpaired) electrons. The lowest BCUT2D eigenvalue weighted by atomic mass is 9.75. The molecule has 2 heterocycles. The largest absolute Gasteiger partial charge is 0.447 e. The molecule has 0 saturated carbocycles. The molecule has 0 saturated heterocycles. The van der Waals surface area contributed by atoms with E-state index in [4.69, 9.17) is 4.74 Å². The number of anilines is 2. The van der Waals surface area contributed by atoms with E-state index in [9.17, 15) is 9.18 Å². The summed E-state index contributed by atoms with van der Waals surface area (Å²) in [7, 11) is 0. The third-order valence-electron chi connectivity index (χ3n) is 7.77. The number of ether oxygens (including phenoxy) is 1. The van der Waals surface area contributed by atoms with E-state index in [1.54, 1.807) is 0 Å². The smallest absolute Gasteiger partial charge is 0.411 e. The lowest BCUT2D eigenvalue weighted by Crippen LogP contribution is -2.38. The van der Waals surface area contributed by atoms with Crippen molar-refractivity contribution < 1.29 is 13.9 Å². The monoisotopic (exact) mass is 486 g/mol. The Balaban J connectivity index is 1.66. The molecule has 2 atom stereocenters. The molecule has 36 heavy (non-hydrogen) atoms. The number of halogens is 1. The Bertz CT molecular complexity index is 1220. The molecular formula is C31H35FN2O2. The van der Waals surface area contributed by atoms with Gasteiger partial charge in [-0.2, -0.15) is 0 Å². The van der Waals surface area contributed by atoms with E-state index >= 15 is 0 Å². The fourth-order valence-electron chi connectivity index (χ4n) is 6.23. The first kappa shape index (κ1) is 24.4. The first-order valence-electron chi connectivity index (χ1n) is 12.9. The molecule has 5 rings (SSSR count). The molecule has 1 amide bonds. The number of hydrogen-bond acceptors (Lipinski definition) is 3. The summed E-state index contributed by atoms with van der Waals surface area (Å²) >= 11 is 0. The van der Waals surface area contributed by atoms with E-state index in [-0.39, 0.29) is 18.4 Å². The van der Waals surface area contributed by atoms with Crippen LogP contribution in [0.25, 0.3) is 0 Å². The van der Waals surface area contributed by atoms with Crippen LogP contribution in [0.3, 0.4) is 0 Å². The molecule has 4 nitrogen and oxygen atoms in total. The van der Waals surface area contributed by atoms with Gasteiger partial charge < -0.3 is 9.64 Å². The average molecular weight is 487 g/mol. The van der Waals surface area contributed by atoms with Gasteiger partial charge in [-0.1, -0.05) is 47.5 Å². The molecule has 2 aliphatic rings. The van der Waals surface area contributed by atoms with Crippen molar-refractivity contribution in [3.05, 3.63) is 93.0 Å². The Labute approximate surface area is 213 Å². The van der Waals surface area contributed by atoms with Gasteiger partial charge in [0.25, 0.3) is 0 Å². The van der Waals surface area contributed by atoms with E-state index in [1.807, 2.05) is 0 Å². The van der Waals surface area contributed by atoms with Crippen LogP contribution in [0.5, 0.6) is 0 Å². The fraction of sp³-hybridized carbons (Fsp3) is 0.387. The topological polar surface area (TPSA) is 41.6 Å².